The highest BCUT2D eigenvalue weighted by atomic mass is 35.5. The van der Waals surface area contributed by atoms with E-state index in [-0.39, 0.29) is 5.91 Å². The number of carbonyl (C=O) groups excluding carboxylic acids is 1. The first-order chi connectivity index (χ1) is 8.47. The average molecular weight is 267 g/mol. The minimum Gasteiger partial charge on any atom is -0.338 e. The summed E-state index contributed by atoms with van der Waals surface area (Å²) in [6.07, 6.45) is 2.77. The molecule has 2 rings (SSSR count). The zero-order chi connectivity index (χ0) is 13.3. The Morgan fingerprint density at radius 3 is 2.56 bits per heavy atom. The highest BCUT2D eigenvalue weighted by Crippen LogP contribution is 2.24. The molecular weight excluding hydrogens is 248 g/mol. The number of pyridine rings is 1. The molecule has 98 valence electrons. The second-order valence-corrected chi connectivity index (χ2v) is 5.87. The third-order valence-electron chi connectivity index (χ3n) is 3.38. The van der Waals surface area contributed by atoms with Crippen LogP contribution in [0.15, 0.2) is 12.3 Å². The molecule has 3 nitrogen and oxygen atoms in total. The van der Waals surface area contributed by atoms with Crippen LogP contribution in [-0.4, -0.2) is 28.9 Å². The highest BCUT2D eigenvalue weighted by molar-refractivity contribution is 6.33. The monoisotopic (exact) mass is 266 g/mol. The largest absolute Gasteiger partial charge is 0.338 e. The van der Waals surface area contributed by atoms with Gasteiger partial charge in [0.2, 0.25) is 0 Å². The first kappa shape index (κ1) is 13.3. The van der Waals surface area contributed by atoms with Crippen molar-refractivity contribution < 1.29 is 4.79 Å². The summed E-state index contributed by atoms with van der Waals surface area (Å²) in [6, 6.07) is 1.74. The molecule has 1 amide bonds. The van der Waals surface area contributed by atoms with Crippen LogP contribution in [0.4, 0.5) is 0 Å². The van der Waals surface area contributed by atoms with Crippen molar-refractivity contribution in [3.8, 4) is 0 Å². The summed E-state index contributed by atoms with van der Waals surface area (Å²) in [5, 5.41) is 0.498. The SMILES string of the molecule is Cc1cc(Cl)c(C(=O)N2CC(C)CC(C)C2)cn1. The molecule has 0 N–H and O–H groups in total. The predicted molar refractivity (Wildman–Crippen MR) is 72.8 cm³/mol. The predicted octanol–water partition coefficient (Wildman–Crippen LogP) is 3.16. The van der Waals surface area contributed by atoms with Gasteiger partial charge in [-0.05, 0) is 31.2 Å². The van der Waals surface area contributed by atoms with Crippen molar-refractivity contribution >= 4 is 17.5 Å². The van der Waals surface area contributed by atoms with Crippen LogP contribution in [0.1, 0.15) is 36.3 Å². The van der Waals surface area contributed by atoms with Gasteiger partial charge in [-0.3, -0.25) is 9.78 Å². The van der Waals surface area contributed by atoms with Crippen LogP contribution in [0.5, 0.6) is 0 Å². The number of rotatable bonds is 1. The molecule has 0 saturated carbocycles. The van der Waals surface area contributed by atoms with Gasteiger partial charge in [-0.1, -0.05) is 25.4 Å². The van der Waals surface area contributed by atoms with Crippen LogP contribution in [0.3, 0.4) is 0 Å². The number of carbonyl (C=O) groups is 1. The minimum absolute atomic E-state index is 0.00546. The molecule has 0 radical (unpaired) electrons. The van der Waals surface area contributed by atoms with Crippen molar-refractivity contribution in [2.24, 2.45) is 11.8 Å². The van der Waals surface area contributed by atoms with E-state index in [1.54, 1.807) is 12.3 Å². The highest BCUT2D eigenvalue weighted by Gasteiger charge is 2.27. The number of halogens is 1. The Bertz CT molecular complexity index is 451. The van der Waals surface area contributed by atoms with Crippen molar-refractivity contribution in [3.63, 3.8) is 0 Å². The van der Waals surface area contributed by atoms with E-state index in [4.69, 9.17) is 11.6 Å². The third-order valence-corrected chi connectivity index (χ3v) is 3.69. The van der Waals surface area contributed by atoms with Crippen LogP contribution < -0.4 is 0 Å². The molecule has 2 heterocycles. The standard InChI is InChI=1S/C14H19ClN2O/c1-9-4-10(2)8-17(7-9)14(18)12-6-16-11(3)5-13(12)15/h5-6,9-10H,4,7-8H2,1-3H3. The van der Waals surface area contributed by atoms with Crippen LogP contribution >= 0.6 is 11.6 Å². The van der Waals surface area contributed by atoms with Crippen LogP contribution in [0.25, 0.3) is 0 Å². The lowest BCUT2D eigenvalue weighted by Crippen LogP contribution is -2.42. The van der Waals surface area contributed by atoms with Crippen molar-refractivity contribution in [2.75, 3.05) is 13.1 Å². The van der Waals surface area contributed by atoms with E-state index in [0.717, 1.165) is 18.8 Å². The maximum atomic E-state index is 12.4. The normalized spacial score (nSPS) is 24.1. The topological polar surface area (TPSA) is 33.2 Å². The van der Waals surface area contributed by atoms with E-state index >= 15 is 0 Å². The molecule has 0 spiro atoms. The summed E-state index contributed by atoms with van der Waals surface area (Å²) >= 11 is 6.13. The third kappa shape index (κ3) is 2.83. The second-order valence-electron chi connectivity index (χ2n) is 5.46. The van der Waals surface area contributed by atoms with Gasteiger partial charge in [-0.25, -0.2) is 0 Å². The summed E-state index contributed by atoms with van der Waals surface area (Å²) in [5.74, 6) is 1.11. The number of hydrogen-bond donors (Lipinski definition) is 0. The van der Waals surface area contributed by atoms with Gasteiger partial charge in [0, 0.05) is 25.0 Å². The lowest BCUT2D eigenvalue weighted by atomic mass is 9.91. The molecule has 1 aliphatic rings. The Kier molecular flexibility index (Phi) is 3.91. The molecular formula is C14H19ClN2O. The maximum Gasteiger partial charge on any atom is 0.256 e. The molecule has 1 fully saturated rings. The Hall–Kier alpha value is -1.09. The first-order valence-electron chi connectivity index (χ1n) is 6.38. The fourth-order valence-corrected chi connectivity index (χ4v) is 2.97. The Labute approximate surface area is 113 Å². The quantitative estimate of drug-likeness (QED) is 0.782. The molecule has 0 aromatic carbocycles. The summed E-state index contributed by atoms with van der Waals surface area (Å²) in [4.78, 5) is 18.5. The van der Waals surface area contributed by atoms with Crippen molar-refractivity contribution in [1.29, 1.82) is 0 Å². The molecule has 0 aliphatic carbocycles. The van der Waals surface area contributed by atoms with Gasteiger partial charge in [0.05, 0.1) is 10.6 Å². The van der Waals surface area contributed by atoms with Gasteiger partial charge in [-0.15, -0.1) is 0 Å². The van der Waals surface area contributed by atoms with Gasteiger partial charge < -0.3 is 4.90 Å². The Morgan fingerprint density at radius 2 is 2.00 bits per heavy atom. The average Bonchev–Trinajstić information content (AvgIpc) is 2.26. The van der Waals surface area contributed by atoms with Gasteiger partial charge in [0.15, 0.2) is 0 Å². The molecule has 1 aromatic rings. The molecule has 1 aromatic heterocycles. The lowest BCUT2D eigenvalue weighted by Gasteiger charge is -2.35. The summed E-state index contributed by atoms with van der Waals surface area (Å²) in [7, 11) is 0. The van der Waals surface area contributed by atoms with E-state index < -0.39 is 0 Å². The minimum atomic E-state index is 0.00546. The second kappa shape index (κ2) is 5.27. The number of likely N-dealkylation sites (tertiary alicyclic amines) is 1. The Balaban J connectivity index is 2.20. The fraction of sp³-hybridized carbons (Fsp3) is 0.571. The van der Waals surface area contributed by atoms with E-state index in [1.165, 1.54) is 6.42 Å². The summed E-state index contributed by atoms with van der Waals surface area (Å²) in [6.45, 7) is 7.86. The number of nitrogens with zero attached hydrogens (tertiary/aromatic N) is 2. The van der Waals surface area contributed by atoms with Crippen molar-refractivity contribution in [1.82, 2.24) is 9.88 Å². The van der Waals surface area contributed by atoms with Gasteiger partial charge in [-0.2, -0.15) is 0 Å². The van der Waals surface area contributed by atoms with Gasteiger partial charge in [0.25, 0.3) is 5.91 Å². The molecule has 1 aliphatic heterocycles. The molecule has 4 heteroatoms. The number of hydrogen-bond acceptors (Lipinski definition) is 2. The number of aromatic nitrogens is 1. The fourth-order valence-electron chi connectivity index (χ4n) is 2.68. The zero-order valence-corrected chi connectivity index (χ0v) is 11.9. The lowest BCUT2D eigenvalue weighted by molar-refractivity contribution is 0.0623. The van der Waals surface area contributed by atoms with E-state index in [9.17, 15) is 4.79 Å². The van der Waals surface area contributed by atoms with E-state index in [0.29, 0.717) is 22.4 Å². The van der Waals surface area contributed by atoms with E-state index in [2.05, 4.69) is 18.8 Å². The Morgan fingerprint density at radius 1 is 1.39 bits per heavy atom. The van der Waals surface area contributed by atoms with Crippen molar-refractivity contribution in [2.45, 2.75) is 27.2 Å². The smallest absolute Gasteiger partial charge is 0.256 e. The van der Waals surface area contributed by atoms with Crippen LogP contribution in [0, 0.1) is 18.8 Å². The van der Waals surface area contributed by atoms with Gasteiger partial charge in [0.1, 0.15) is 0 Å². The van der Waals surface area contributed by atoms with Crippen LogP contribution in [-0.2, 0) is 0 Å². The maximum absolute atomic E-state index is 12.4. The zero-order valence-electron chi connectivity index (χ0n) is 11.1. The molecule has 0 bridgehead atoms. The molecule has 18 heavy (non-hydrogen) atoms. The number of aryl methyl sites for hydroxylation is 1. The number of piperidine rings is 1. The summed E-state index contributed by atoms with van der Waals surface area (Å²) < 4.78 is 0. The molecule has 1 saturated heterocycles. The van der Waals surface area contributed by atoms with Crippen molar-refractivity contribution in [3.05, 3.63) is 28.5 Å². The van der Waals surface area contributed by atoms with E-state index in [1.807, 2.05) is 11.8 Å². The van der Waals surface area contributed by atoms with Crippen LogP contribution in [0.2, 0.25) is 5.02 Å². The first-order valence-corrected chi connectivity index (χ1v) is 6.76. The number of amides is 1. The molecule has 2 atom stereocenters. The summed E-state index contributed by atoms with van der Waals surface area (Å²) in [5.41, 5.74) is 1.35. The molecule has 2 unspecified atom stereocenters. The van der Waals surface area contributed by atoms with Gasteiger partial charge >= 0.3 is 0 Å².